The SMILES string of the molecule is COC(=O)COCC(=O)N(c1cc(C)c(C#CCNc2ccc(C(=N)N)cc2)cc1C)C(C)C. The number of carbonyl (C=O) groups excluding carboxylic acids is 2. The highest BCUT2D eigenvalue weighted by Crippen LogP contribution is 2.26. The van der Waals surface area contributed by atoms with Crippen LogP contribution in [-0.4, -0.2) is 50.6 Å². The lowest BCUT2D eigenvalue weighted by Crippen LogP contribution is -2.40. The molecule has 0 atom stereocenters. The summed E-state index contributed by atoms with van der Waals surface area (Å²) in [7, 11) is 1.27. The second-order valence-corrected chi connectivity index (χ2v) is 8.03. The summed E-state index contributed by atoms with van der Waals surface area (Å²) in [4.78, 5) is 25.7. The molecule has 2 aromatic rings. The monoisotopic (exact) mass is 464 g/mol. The summed E-state index contributed by atoms with van der Waals surface area (Å²) < 4.78 is 9.74. The molecule has 0 saturated heterocycles. The van der Waals surface area contributed by atoms with E-state index in [0.717, 1.165) is 28.1 Å². The molecule has 0 spiro atoms. The number of carbonyl (C=O) groups is 2. The second-order valence-electron chi connectivity index (χ2n) is 8.03. The molecule has 0 heterocycles. The van der Waals surface area contributed by atoms with Gasteiger partial charge in [-0.3, -0.25) is 10.2 Å². The molecular formula is C26H32N4O4. The molecule has 0 unspecified atom stereocenters. The van der Waals surface area contributed by atoms with Gasteiger partial charge >= 0.3 is 5.97 Å². The molecule has 8 nitrogen and oxygen atoms in total. The van der Waals surface area contributed by atoms with E-state index in [1.807, 2.05) is 52.0 Å². The fourth-order valence-electron chi connectivity index (χ4n) is 3.30. The van der Waals surface area contributed by atoms with Crippen molar-refractivity contribution in [1.82, 2.24) is 0 Å². The molecule has 0 radical (unpaired) electrons. The molecule has 2 aromatic carbocycles. The molecule has 1 amide bonds. The minimum atomic E-state index is -0.526. The Kier molecular flexibility index (Phi) is 9.65. The highest BCUT2D eigenvalue weighted by atomic mass is 16.6. The van der Waals surface area contributed by atoms with Gasteiger partial charge in [0, 0.05) is 28.5 Å². The summed E-state index contributed by atoms with van der Waals surface area (Å²) >= 11 is 0. The third kappa shape index (κ3) is 7.36. The van der Waals surface area contributed by atoms with Gasteiger partial charge in [-0.25, -0.2) is 4.79 Å². The number of hydrogen-bond donors (Lipinski definition) is 3. The van der Waals surface area contributed by atoms with Gasteiger partial charge in [-0.05, 0) is 75.2 Å². The Morgan fingerprint density at radius 2 is 1.79 bits per heavy atom. The zero-order valence-corrected chi connectivity index (χ0v) is 20.3. The Bertz CT molecular complexity index is 1100. The van der Waals surface area contributed by atoms with E-state index in [9.17, 15) is 9.59 Å². The quantitative estimate of drug-likeness (QED) is 0.227. The third-order valence-corrected chi connectivity index (χ3v) is 5.06. The normalized spacial score (nSPS) is 10.3. The van der Waals surface area contributed by atoms with Gasteiger partial charge in [0.05, 0.1) is 13.7 Å². The van der Waals surface area contributed by atoms with Crippen LogP contribution in [0, 0.1) is 31.1 Å². The number of nitrogen functional groups attached to an aromatic ring is 1. The number of aryl methyl sites for hydroxylation is 2. The molecule has 0 fully saturated rings. The molecule has 0 aliphatic rings. The Balaban J connectivity index is 2.09. The van der Waals surface area contributed by atoms with Crippen LogP contribution in [0.25, 0.3) is 0 Å². The summed E-state index contributed by atoms with van der Waals surface area (Å²) in [6, 6.07) is 11.1. The van der Waals surface area contributed by atoms with Crippen molar-refractivity contribution in [3.8, 4) is 11.8 Å². The lowest BCUT2D eigenvalue weighted by molar-refractivity contribution is -0.146. The Hall–Kier alpha value is -3.83. The topological polar surface area (TPSA) is 118 Å². The van der Waals surface area contributed by atoms with Crippen molar-refractivity contribution in [2.75, 3.05) is 37.1 Å². The van der Waals surface area contributed by atoms with Gasteiger partial charge in [0.2, 0.25) is 0 Å². The van der Waals surface area contributed by atoms with E-state index in [2.05, 4.69) is 21.9 Å². The minimum absolute atomic E-state index is 0.0343. The maximum absolute atomic E-state index is 12.8. The van der Waals surface area contributed by atoms with Gasteiger partial charge in [-0.15, -0.1) is 0 Å². The highest BCUT2D eigenvalue weighted by Gasteiger charge is 2.22. The summed E-state index contributed by atoms with van der Waals surface area (Å²) in [5.74, 6) is 5.58. The largest absolute Gasteiger partial charge is 0.467 e. The molecule has 0 bridgehead atoms. The first kappa shape index (κ1) is 26.4. The van der Waals surface area contributed by atoms with Crippen LogP contribution in [0.4, 0.5) is 11.4 Å². The van der Waals surface area contributed by atoms with Crippen molar-refractivity contribution in [3.63, 3.8) is 0 Å². The standard InChI is InChI=1S/C26H32N4O4/c1-17(2)30(24(31)15-34-16-25(32)33-5)23-14-18(3)21(13-19(23)4)7-6-12-29-22-10-8-20(9-11-22)26(27)28/h8-11,13-14,17,29H,12,15-16H2,1-5H3,(H3,27,28). The van der Waals surface area contributed by atoms with Crippen LogP contribution >= 0.6 is 0 Å². The number of rotatable bonds is 9. The van der Waals surface area contributed by atoms with Crippen LogP contribution < -0.4 is 16.0 Å². The van der Waals surface area contributed by atoms with Crippen LogP contribution in [0.5, 0.6) is 0 Å². The number of anilines is 2. The molecule has 34 heavy (non-hydrogen) atoms. The summed E-state index contributed by atoms with van der Waals surface area (Å²) in [5, 5.41) is 10.7. The van der Waals surface area contributed by atoms with Crippen molar-refractivity contribution >= 4 is 29.1 Å². The van der Waals surface area contributed by atoms with E-state index in [-0.39, 0.29) is 31.0 Å². The molecule has 2 rings (SSSR count). The molecular weight excluding hydrogens is 432 g/mol. The average Bonchev–Trinajstić information content (AvgIpc) is 2.79. The predicted molar refractivity (Wildman–Crippen MR) is 134 cm³/mol. The van der Waals surface area contributed by atoms with Gasteiger partial charge in [-0.1, -0.05) is 11.8 Å². The van der Waals surface area contributed by atoms with Crippen molar-refractivity contribution in [1.29, 1.82) is 5.41 Å². The Morgan fingerprint density at radius 1 is 1.12 bits per heavy atom. The predicted octanol–water partition coefficient (Wildman–Crippen LogP) is 2.98. The Morgan fingerprint density at radius 3 is 2.38 bits per heavy atom. The number of esters is 1. The first-order valence-electron chi connectivity index (χ1n) is 10.9. The van der Waals surface area contributed by atoms with Crippen molar-refractivity contribution in [3.05, 3.63) is 58.7 Å². The van der Waals surface area contributed by atoms with Crippen LogP contribution in [0.1, 0.15) is 36.1 Å². The van der Waals surface area contributed by atoms with Crippen molar-refractivity contribution < 1.29 is 19.1 Å². The maximum atomic E-state index is 12.8. The van der Waals surface area contributed by atoms with E-state index >= 15 is 0 Å². The molecule has 0 aromatic heterocycles. The smallest absolute Gasteiger partial charge is 0.331 e. The summed E-state index contributed by atoms with van der Waals surface area (Å²) in [6.07, 6.45) is 0. The zero-order chi connectivity index (χ0) is 25.3. The second kappa shape index (κ2) is 12.4. The highest BCUT2D eigenvalue weighted by molar-refractivity contribution is 5.96. The molecule has 0 saturated carbocycles. The number of amidine groups is 1. The maximum Gasteiger partial charge on any atom is 0.331 e. The number of nitrogens with zero attached hydrogens (tertiary/aromatic N) is 1. The number of benzene rings is 2. The molecule has 0 aliphatic carbocycles. The average molecular weight is 465 g/mol. The number of hydrogen-bond acceptors (Lipinski definition) is 6. The number of nitrogens with one attached hydrogen (secondary N) is 2. The van der Waals surface area contributed by atoms with Crippen LogP contribution in [0.15, 0.2) is 36.4 Å². The number of ether oxygens (including phenoxy) is 2. The Labute approximate surface area is 200 Å². The van der Waals surface area contributed by atoms with Gasteiger partial charge < -0.3 is 25.4 Å². The van der Waals surface area contributed by atoms with Crippen LogP contribution in [-0.2, 0) is 19.1 Å². The minimum Gasteiger partial charge on any atom is -0.467 e. The third-order valence-electron chi connectivity index (χ3n) is 5.06. The van der Waals surface area contributed by atoms with Gasteiger partial charge in [-0.2, -0.15) is 0 Å². The first-order chi connectivity index (χ1) is 16.1. The van der Waals surface area contributed by atoms with Crippen LogP contribution in [0.2, 0.25) is 0 Å². The van der Waals surface area contributed by atoms with Crippen LogP contribution in [0.3, 0.4) is 0 Å². The number of methoxy groups -OCH3 is 1. The lowest BCUT2D eigenvalue weighted by Gasteiger charge is -2.29. The number of amides is 1. The van der Waals surface area contributed by atoms with E-state index in [0.29, 0.717) is 12.1 Å². The van der Waals surface area contributed by atoms with E-state index in [1.54, 1.807) is 17.0 Å². The van der Waals surface area contributed by atoms with E-state index in [1.165, 1.54) is 7.11 Å². The summed E-state index contributed by atoms with van der Waals surface area (Å²) in [5.41, 5.74) is 10.6. The molecule has 8 heteroatoms. The fourth-order valence-corrected chi connectivity index (χ4v) is 3.30. The zero-order valence-electron chi connectivity index (χ0n) is 20.3. The molecule has 180 valence electrons. The van der Waals surface area contributed by atoms with E-state index in [4.69, 9.17) is 15.9 Å². The van der Waals surface area contributed by atoms with Crippen molar-refractivity contribution in [2.24, 2.45) is 5.73 Å². The lowest BCUT2D eigenvalue weighted by atomic mass is 10.0. The summed E-state index contributed by atoms with van der Waals surface area (Å²) in [6.45, 7) is 7.71. The molecule has 0 aliphatic heterocycles. The fraction of sp³-hybridized carbons (Fsp3) is 0.346. The van der Waals surface area contributed by atoms with Gasteiger partial charge in [0.15, 0.2) is 0 Å². The van der Waals surface area contributed by atoms with E-state index < -0.39 is 5.97 Å². The molecule has 4 N–H and O–H groups in total. The first-order valence-corrected chi connectivity index (χ1v) is 10.9. The van der Waals surface area contributed by atoms with Gasteiger partial charge in [0.25, 0.3) is 5.91 Å². The van der Waals surface area contributed by atoms with Crippen molar-refractivity contribution in [2.45, 2.75) is 33.7 Å². The van der Waals surface area contributed by atoms with Gasteiger partial charge in [0.1, 0.15) is 19.0 Å². The number of nitrogens with two attached hydrogens (primary N) is 1.